The Labute approximate surface area is 148 Å². The molecule has 0 saturated carbocycles. The van der Waals surface area contributed by atoms with Crippen molar-refractivity contribution in [2.45, 2.75) is 16.6 Å². The minimum absolute atomic E-state index is 0.00208. The first-order valence-corrected chi connectivity index (χ1v) is 8.37. The quantitative estimate of drug-likeness (QED) is 0.754. The van der Waals surface area contributed by atoms with Crippen LogP contribution in [0.1, 0.15) is 16.8 Å². The zero-order chi connectivity index (χ0) is 18.0. The molecule has 128 valence electrons. The van der Waals surface area contributed by atoms with Gasteiger partial charge in [-0.1, -0.05) is 24.3 Å². The van der Waals surface area contributed by atoms with Crippen LogP contribution in [-0.2, 0) is 9.59 Å². The fraction of sp³-hybridized carbons (Fsp3) is 0.167. The van der Waals surface area contributed by atoms with E-state index < -0.39 is 11.2 Å². The molecule has 2 amide bonds. The van der Waals surface area contributed by atoms with E-state index in [1.165, 1.54) is 13.2 Å². The van der Waals surface area contributed by atoms with Crippen LogP contribution in [0.5, 0.6) is 5.75 Å². The standard InChI is InChI=1S/C18H15NO5S/c1-24-12-6-4-5-11(9-12)19-16(20)10-15(17(19)21)25-14-8-3-2-7-13(14)18(22)23/h2-9,15H,10H2,1H3,(H,22,23)/p-1. The van der Waals surface area contributed by atoms with Crippen molar-refractivity contribution < 1.29 is 24.2 Å². The van der Waals surface area contributed by atoms with E-state index in [-0.39, 0.29) is 23.8 Å². The fourth-order valence-electron chi connectivity index (χ4n) is 2.61. The normalized spacial score (nSPS) is 17.0. The smallest absolute Gasteiger partial charge is 0.247 e. The summed E-state index contributed by atoms with van der Waals surface area (Å²) in [5, 5.41) is 10.5. The predicted molar refractivity (Wildman–Crippen MR) is 90.5 cm³/mol. The number of nitrogens with zero attached hydrogens (tertiary/aromatic N) is 1. The molecule has 1 fully saturated rings. The zero-order valence-corrected chi connectivity index (χ0v) is 14.1. The summed E-state index contributed by atoms with van der Waals surface area (Å²) in [7, 11) is 1.50. The zero-order valence-electron chi connectivity index (χ0n) is 13.3. The Morgan fingerprint density at radius 3 is 2.68 bits per heavy atom. The summed E-state index contributed by atoms with van der Waals surface area (Å²) in [5.41, 5.74) is 0.443. The van der Waals surface area contributed by atoms with Gasteiger partial charge in [0.1, 0.15) is 5.75 Å². The molecule has 1 heterocycles. The van der Waals surface area contributed by atoms with Crippen molar-refractivity contribution in [3.05, 3.63) is 54.1 Å². The van der Waals surface area contributed by atoms with E-state index in [2.05, 4.69) is 0 Å². The summed E-state index contributed by atoms with van der Waals surface area (Å²) in [5.74, 6) is -1.49. The maximum absolute atomic E-state index is 12.7. The molecule has 1 atom stereocenters. The van der Waals surface area contributed by atoms with Crippen LogP contribution in [0.15, 0.2) is 53.4 Å². The number of hydrogen-bond donors (Lipinski definition) is 0. The van der Waals surface area contributed by atoms with Crippen molar-refractivity contribution in [3.63, 3.8) is 0 Å². The maximum atomic E-state index is 12.7. The first-order chi connectivity index (χ1) is 12.0. The molecule has 3 rings (SSSR count). The van der Waals surface area contributed by atoms with Gasteiger partial charge in [0.25, 0.3) is 0 Å². The Hall–Kier alpha value is -2.80. The summed E-state index contributed by atoms with van der Waals surface area (Å²) in [6, 6.07) is 13.0. The van der Waals surface area contributed by atoms with Gasteiger partial charge in [-0.05, 0) is 18.2 Å². The molecule has 0 bridgehead atoms. The fourth-order valence-corrected chi connectivity index (χ4v) is 3.78. The number of carbonyl (C=O) groups is 3. The Bertz CT molecular complexity index is 851. The molecule has 0 aromatic heterocycles. The molecule has 1 aliphatic rings. The van der Waals surface area contributed by atoms with Crippen LogP contribution in [0, 0.1) is 0 Å². The lowest BCUT2D eigenvalue weighted by atomic mass is 10.2. The highest BCUT2D eigenvalue weighted by Gasteiger charge is 2.40. The molecule has 6 nitrogen and oxygen atoms in total. The van der Waals surface area contributed by atoms with Gasteiger partial charge in [0.2, 0.25) is 11.8 Å². The topological polar surface area (TPSA) is 86.7 Å². The number of thioether (sulfide) groups is 1. The first-order valence-electron chi connectivity index (χ1n) is 7.49. The monoisotopic (exact) mass is 356 g/mol. The molecule has 1 unspecified atom stereocenters. The predicted octanol–water partition coefficient (Wildman–Crippen LogP) is 1.48. The molecule has 0 spiro atoms. The SMILES string of the molecule is COc1cccc(N2C(=O)CC(Sc3ccccc3C(=O)[O-])C2=O)c1. The summed E-state index contributed by atoms with van der Waals surface area (Å²) in [6.45, 7) is 0. The van der Waals surface area contributed by atoms with Crippen LogP contribution in [-0.4, -0.2) is 30.1 Å². The largest absolute Gasteiger partial charge is 0.545 e. The number of imide groups is 1. The molecule has 1 aliphatic heterocycles. The average Bonchev–Trinajstić information content (AvgIpc) is 2.89. The molecule has 1 saturated heterocycles. The number of aromatic carboxylic acids is 1. The Balaban J connectivity index is 1.86. The number of rotatable bonds is 5. The van der Waals surface area contributed by atoms with E-state index in [1.807, 2.05) is 0 Å². The van der Waals surface area contributed by atoms with Crippen molar-refractivity contribution in [2.24, 2.45) is 0 Å². The minimum Gasteiger partial charge on any atom is -0.545 e. The van der Waals surface area contributed by atoms with Gasteiger partial charge in [0.15, 0.2) is 0 Å². The number of carboxylic acids is 1. The second-order valence-corrected chi connectivity index (χ2v) is 6.61. The number of carbonyl (C=O) groups excluding carboxylic acids is 3. The maximum Gasteiger partial charge on any atom is 0.247 e. The van der Waals surface area contributed by atoms with Crippen molar-refractivity contribution in [3.8, 4) is 5.75 Å². The molecule has 0 aliphatic carbocycles. The van der Waals surface area contributed by atoms with Crippen LogP contribution in [0.2, 0.25) is 0 Å². The molecule has 25 heavy (non-hydrogen) atoms. The van der Waals surface area contributed by atoms with Crippen LogP contribution in [0.3, 0.4) is 0 Å². The van der Waals surface area contributed by atoms with Gasteiger partial charge in [-0.3, -0.25) is 9.59 Å². The van der Waals surface area contributed by atoms with E-state index >= 15 is 0 Å². The van der Waals surface area contributed by atoms with Crippen LogP contribution < -0.4 is 14.7 Å². The highest BCUT2D eigenvalue weighted by atomic mass is 32.2. The van der Waals surface area contributed by atoms with Gasteiger partial charge in [-0.25, -0.2) is 4.90 Å². The summed E-state index contributed by atoms with van der Waals surface area (Å²) in [6.07, 6.45) is 0.00208. The highest BCUT2D eigenvalue weighted by Crippen LogP contribution is 2.36. The lowest BCUT2D eigenvalue weighted by Crippen LogP contribution is -2.31. The number of anilines is 1. The number of hydrogen-bond acceptors (Lipinski definition) is 6. The van der Waals surface area contributed by atoms with Crippen molar-refractivity contribution >= 4 is 35.2 Å². The van der Waals surface area contributed by atoms with E-state index in [0.717, 1.165) is 16.7 Å². The molecular formula is C18H14NO5S-. The lowest BCUT2D eigenvalue weighted by molar-refractivity contribution is -0.255. The van der Waals surface area contributed by atoms with E-state index in [4.69, 9.17) is 4.74 Å². The van der Waals surface area contributed by atoms with Crippen LogP contribution in [0.4, 0.5) is 5.69 Å². The van der Waals surface area contributed by atoms with Gasteiger partial charge < -0.3 is 14.6 Å². The molecular weight excluding hydrogens is 342 g/mol. The third-order valence-corrected chi connectivity index (χ3v) is 5.06. The van der Waals surface area contributed by atoms with Crippen molar-refractivity contribution in [2.75, 3.05) is 12.0 Å². The number of amides is 2. The summed E-state index contributed by atoms with van der Waals surface area (Å²) < 4.78 is 5.12. The van der Waals surface area contributed by atoms with E-state index in [0.29, 0.717) is 16.3 Å². The number of ether oxygens (including phenoxy) is 1. The third-order valence-electron chi connectivity index (χ3n) is 3.79. The van der Waals surface area contributed by atoms with Gasteiger partial charge >= 0.3 is 0 Å². The first kappa shape index (κ1) is 17.0. The Morgan fingerprint density at radius 2 is 1.96 bits per heavy atom. The Kier molecular flexibility index (Phi) is 4.76. The van der Waals surface area contributed by atoms with E-state index in [9.17, 15) is 19.5 Å². The molecule has 2 aromatic rings. The Morgan fingerprint density at radius 1 is 1.20 bits per heavy atom. The average molecular weight is 356 g/mol. The number of carboxylic acid groups (broad SMARTS) is 1. The van der Waals surface area contributed by atoms with Gasteiger partial charge in [-0.2, -0.15) is 0 Å². The number of methoxy groups -OCH3 is 1. The highest BCUT2D eigenvalue weighted by molar-refractivity contribution is 8.00. The van der Waals surface area contributed by atoms with Gasteiger partial charge in [-0.15, -0.1) is 11.8 Å². The van der Waals surface area contributed by atoms with Crippen molar-refractivity contribution in [1.29, 1.82) is 0 Å². The van der Waals surface area contributed by atoms with Crippen LogP contribution in [0.25, 0.3) is 0 Å². The number of benzene rings is 2. The molecule has 0 N–H and O–H groups in total. The second kappa shape index (κ2) is 6.98. The minimum atomic E-state index is -1.32. The second-order valence-electron chi connectivity index (χ2n) is 5.36. The van der Waals surface area contributed by atoms with Gasteiger partial charge in [0, 0.05) is 22.9 Å². The van der Waals surface area contributed by atoms with E-state index in [1.54, 1.807) is 42.5 Å². The molecule has 0 radical (unpaired) electrons. The molecule has 7 heteroatoms. The molecule has 2 aromatic carbocycles. The third kappa shape index (κ3) is 3.36. The van der Waals surface area contributed by atoms with Crippen molar-refractivity contribution in [1.82, 2.24) is 0 Å². The van der Waals surface area contributed by atoms with Gasteiger partial charge in [0.05, 0.1) is 24.0 Å². The van der Waals surface area contributed by atoms with Crippen LogP contribution >= 0.6 is 11.8 Å². The summed E-state index contributed by atoms with van der Waals surface area (Å²) in [4.78, 5) is 37.7. The lowest BCUT2D eigenvalue weighted by Gasteiger charge is -2.16. The summed E-state index contributed by atoms with van der Waals surface area (Å²) >= 11 is 1.06.